The van der Waals surface area contributed by atoms with Crippen LogP contribution < -0.4 is 5.32 Å². The Kier molecular flexibility index (Phi) is 3.24. The standard InChI is InChI=1S/C16H19N3O2/c1-20-13-8-14(17-9-13)16-18-15(19-21-16)12-6-10-4-2-3-5-11(10)7-12/h2-5,12-14,17H,6-9H2,1H3. The van der Waals surface area contributed by atoms with E-state index in [1.54, 1.807) is 7.11 Å². The summed E-state index contributed by atoms with van der Waals surface area (Å²) in [7, 11) is 1.74. The summed E-state index contributed by atoms with van der Waals surface area (Å²) >= 11 is 0. The Morgan fingerprint density at radius 2 is 2.00 bits per heavy atom. The molecule has 21 heavy (non-hydrogen) atoms. The molecular weight excluding hydrogens is 266 g/mol. The summed E-state index contributed by atoms with van der Waals surface area (Å²) in [5, 5.41) is 7.58. The van der Waals surface area contributed by atoms with Crippen molar-refractivity contribution in [3.63, 3.8) is 0 Å². The van der Waals surface area contributed by atoms with Gasteiger partial charge in [0.25, 0.3) is 0 Å². The lowest BCUT2D eigenvalue weighted by molar-refractivity contribution is 0.116. The molecule has 110 valence electrons. The zero-order chi connectivity index (χ0) is 14.2. The number of hydrogen-bond acceptors (Lipinski definition) is 5. The molecule has 2 heterocycles. The maximum atomic E-state index is 5.47. The van der Waals surface area contributed by atoms with E-state index in [0.717, 1.165) is 31.6 Å². The van der Waals surface area contributed by atoms with Gasteiger partial charge in [-0.2, -0.15) is 4.98 Å². The van der Waals surface area contributed by atoms with Crippen LogP contribution in [0.15, 0.2) is 28.8 Å². The second-order valence-electron chi connectivity index (χ2n) is 5.92. The van der Waals surface area contributed by atoms with Gasteiger partial charge in [-0.15, -0.1) is 0 Å². The predicted octanol–water partition coefficient (Wildman–Crippen LogP) is 2.00. The molecule has 4 rings (SSSR count). The Hall–Kier alpha value is -1.72. The van der Waals surface area contributed by atoms with Crippen LogP contribution >= 0.6 is 0 Å². The summed E-state index contributed by atoms with van der Waals surface area (Å²) in [6, 6.07) is 8.70. The van der Waals surface area contributed by atoms with Crippen LogP contribution in [0.3, 0.4) is 0 Å². The predicted molar refractivity (Wildman–Crippen MR) is 77.0 cm³/mol. The molecule has 1 N–H and O–H groups in total. The molecule has 1 fully saturated rings. The number of methoxy groups -OCH3 is 1. The molecular formula is C16H19N3O2. The van der Waals surface area contributed by atoms with Crippen molar-refractivity contribution in [2.24, 2.45) is 0 Å². The van der Waals surface area contributed by atoms with Crippen molar-refractivity contribution >= 4 is 0 Å². The second kappa shape index (κ2) is 5.24. The van der Waals surface area contributed by atoms with Gasteiger partial charge in [0.15, 0.2) is 5.82 Å². The van der Waals surface area contributed by atoms with Gasteiger partial charge >= 0.3 is 0 Å². The van der Waals surface area contributed by atoms with Crippen LogP contribution in [-0.2, 0) is 17.6 Å². The summed E-state index contributed by atoms with van der Waals surface area (Å²) in [4.78, 5) is 4.63. The molecule has 1 aromatic heterocycles. The maximum absolute atomic E-state index is 5.47. The van der Waals surface area contributed by atoms with E-state index >= 15 is 0 Å². The maximum Gasteiger partial charge on any atom is 0.243 e. The average molecular weight is 285 g/mol. The molecule has 2 atom stereocenters. The summed E-state index contributed by atoms with van der Waals surface area (Å²) < 4.78 is 10.8. The normalized spacial score (nSPS) is 25.4. The highest BCUT2D eigenvalue weighted by Gasteiger charge is 2.32. The van der Waals surface area contributed by atoms with E-state index in [-0.39, 0.29) is 12.1 Å². The van der Waals surface area contributed by atoms with Gasteiger partial charge < -0.3 is 14.6 Å². The number of aromatic nitrogens is 2. The lowest BCUT2D eigenvalue weighted by Crippen LogP contribution is -2.16. The SMILES string of the molecule is COC1CNC(c2nc(C3Cc4ccccc4C3)no2)C1. The molecule has 2 aliphatic rings. The minimum atomic E-state index is 0.125. The van der Waals surface area contributed by atoms with E-state index in [0.29, 0.717) is 11.8 Å². The monoisotopic (exact) mass is 285 g/mol. The minimum absolute atomic E-state index is 0.125. The molecule has 2 unspecified atom stereocenters. The van der Waals surface area contributed by atoms with Gasteiger partial charge in [-0.05, 0) is 30.4 Å². The summed E-state index contributed by atoms with van der Waals surface area (Å²) in [6.07, 6.45) is 3.14. The van der Waals surface area contributed by atoms with Crippen molar-refractivity contribution in [2.75, 3.05) is 13.7 Å². The fourth-order valence-corrected chi connectivity index (χ4v) is 3.37. The first-order valence-corrected chi connectivity index (χ1v) is 7.50. The van der Waals surface area contributed by atoms with Crippen molar-refractivity contribution in [1.29, 1.82) is 0 Å². The third-order valence-corrected chi connectivity index (χ3v) is 4.60. The van der Waals surface area contributed by atoms with E-state index in [1.165, 1.54) is 11.1 Å². The number of rotatable bonds is 3. The Bertz CT molecular complexity index is 615. The largest absolute Gasteiger partial charge is 0.380 e. The number of nitrogens with one attached hydrogen (secondary N) is 1. The van der Waals surface area contributed by atoms with E-state index in [1.807, 2.05) is 0 Å². The van der Waals surface area contributed by atoms with Gasteiger partial charge in [-0.1, -0.05) is 29.4 Å². The Morgan fingerprint density at radius 3 is 2.67 bits per heavy atom. The fraction of sp³-hybridized carbons (Fsp3) is 0.500. The van der Waals surface area contributed by atoms with Crippen molar-refractivity contribution in [3.05, 3.63) is 47.1 Å². The summed E-state index contributed by atoms with van der Waals surface area (Å²) in [5.74, 6) is 1.88. The molecule has 0 bridgehead atoms. The van der Waals surface area contributed by atoms with E-state index in [9.17, 15) is 0 Å². The summed E-state index contributed by atoms with van der Waals surface area (Å²) in [5.41, 5.74) is 2.82. The first-order valence-electron chi connectivity index (χ1n) is 7.50. The zero-order valence-corrected chi connectivity index (χ0v) is 12.1. The van der Waals surface area contributed by atoms with Crippen molar-refractivity contribution in [3.8, 4) is 0 Å². The van der Waals surface area contributed by atoms with Crippen LogP contribution in [0.1, 0.15) is 41.2 Å². The smallest absolute Gasteiger partial charge is 0.243 e. The van der Waals surface area contributed by atoms with Crippen LogP contribution in [0.4, 0.5) is 0 Å². The average Bonchev–Trinajstić information content (AvgIpc) is 3.24. The van der Waals surface area contributed by atoms with Crippen molar-refractivity contribution in [1.82, 2.24) is 15.5 Å². The second-order valence-corrected chi connectivity index (χ2v) is 5.92. The highest BCUT2D eigenvalue weighted by molar-refractivity contribution is 5.34. The topological polar surface area (TPSA) is 60.2 Å². The number of fused-ring (bicyclic) bond motifs is 1. The first-order chi connectivity index (χ1) is 10.3. The third kappa shape index (κ3) is 2.36. The number of ether oxygens (including phenoxy) is 1. The quantitative estimate of drug-likeness (QED) is 0.934. The first kappa shape index (κ1) is 13.0. The molecule has 1 aliphatic heterocycles. The highest BCUT2D eigenvalue weighted by Crippen LogP contribution is 2.33. The van der Waals surface area contributed by atoms with E-state index in [2.05, 4.69) is 39.7 Å². The van der Waals surface area contributed by atoms with E-state index < -0.39 is 0 Å². The van der Waals surface area contributed by atoms with Gasteiger partial charge in [0, 0.05) is 19.6 Å². The highest BCUT2D eigenvalue weighted by atomic mass is 16.5. The van der Waals surface area contributed by atoms with Gasteiger partial charge in [0.05, 0.1) is 12.1 Å². The molecule has 2 aromatic rings. The van der Waals surface area contributed by atoms with Crippen molar-refractivity contribution in [2.45, 2.75) is 37.3 Å². The van der Waals surface area contributed by atoms with Gasteiger partial charge in [-0.3, -0.25) is 0 Å². The number of nitrogens with zero attached hydrogens (tertiary/aromatic N) is 2. The molecule has 1 saturated heterocycles. The molecule has 1 aliphatic carbocycles. The van der Waals surface area contributed by atoms with Crippen LogP contribution in [-0.4, -0.2) is 29.9 Å². The molecule has 0 radical (unpaired) electrons. The third-order valence-electron chi connectivity index (χ3n) is 4.60. The zero-order valence-electron chi connectivity index (χ0n) is 12.1. The van der Waals surface area contributed by atoms with E-state index in [4.69, 9.17) is 9.26 Å². The molecule has 5 heteroatoms. The van der Waals surface area contributed by atoms with Gasteiger partial charge in [-0.25, -0.2) is 0 Å². The van der Waals surface area contributed by atoms with Crippen molar-refractivity contribution < 1.29 is 9.26 Å². The van der Waals surface area contributed by atoms with Crippen LogP contribution in [0, 0.1) is 0 Å². The Morgan fingerprint density at radius 1 is 1.24 bits per heavy atom. The Labute approximate surface area is 123 Å². The minimum Gasteiger partial charge on any atom is -0.380 e. The number of hydrogen-bond donors (Lipinski definition) is 1. The lowest BCUT2D eigenvalue weighted by atomic mass is 10.1. The molecule has 0 amide bonds. The molecule has 5 nitrogen and oxygen atoms in total. The van der Waals surface area contributed by atoms with Gasteiger partial charge in [0.2, 0.25) is 5.89 Å². The molecule has 0 spiro atoms. The molecule has 1 aromatic carbocycles. The fourth-order valence-electron chi connectivity index (χ4n) is 3.37. The van der Waals surface area contributed by atoms with Crippen LogP contribution in [0.2, 0.25) is 0 Å². The van der Waals surface area contributed by atoms with Crippen LogP contribution in [0.25, 0.3) is 0 Å². The molecule has 0 saturated carbocycles. The number of benzene rings is 1. The Balaban J connectivity index is 1.49. The van der Waals surface area contributed by atoms with Crippen LogP contribution in [0.5, 0.6) is 0 Å². The summed E-state index contributed by atoms with van der Waals surface area (Å²) in [6.45, 7) is 0.841. The van der Waals surface area contributed by atoms with Gasteiger partial charge in [0.1, 0.15) is 0 Å². The lowest BCUT2D eigenvalue weighted by Gasteiger charge is -2.04.